The van der Waals surface area contributed by atoms with E-state index >= 15 is 0 Å². The van der Waals surface area contributed by atoms with Crippen LogP contribution in [0.15, 0.2) is 261 Å². The minimum atomic E-state index is 0.656. The predicted molar refractivity (Wildman–Crippen MR) is 360 cm³/mol. The molecule has 0 bridgehead atoms. The Morgan fingerprint density at radius 3 is 1.05 bits per heavy atom. The molecule has 0 unspecified atom stereocenters. The van der Waals surface area contributed by atoms with Gasteiger partial charge in [-0.1, -0.05) is 146 Å². The summed E-state index contributed by atoms with van der Waals surface area (Å²) in [4.78, 5) is 11.1. The number of hydrogen-bond acceptors (Lipinski definition) is 5. The first-order valence-electron chi connectivity index (χ1n) is 28.4. The molecule has 7 aromatic heterocycles. The highest BCUT2D eigenvalue weighted by Crippen LogP contribution is 2.47. The summed E-state index contributed by atoms with van der Waals surface area (Å²) in [7, 11) is 0. The summed E-state index contributed by atoms with van der Waals surface area (Å²) in [6.07, 6.45) is 0. The Bertz CT molecular complexity index is 5750. The zero-order valence-electron chi connectivity index (χ0n) is 44.8. The van der Waals surface area contributed by atoms with E-state index in [1.165, 1.54) is 120 Å². The van der Waals surface area contributed by atoms with Gasteiger partial charge in [-0.05, 0) is 115 Å². The van der Waals surface area contributed by atoms with Crippen LogP contribution < -0.4 is 0 Å². The molecule has 0 fully saturated rings. The lowest BCUT2D eigenvalue weighted by Gasteiger charge is -2.14. The van der Waals surface area contributed by atoms with Crippen LogP contribution in [-0.2, 0) is 0 Å². The van der Waals surface area contributed by atoms with Crippen molar-refractivity contribution in [2.75, 3.05) is 0 Å². The molecule has 0 saturated carbocycles. The van der Waals surface area contributed by atoms with Crippen molar-refractivity contribution in [3.05, 3.63) is 261 Å². The maximum Gasteiger partial charge on any atom is 0.160 e. The first-order chi connectivity index (χ1) is 41.6. The van der Waals surface area contributed by atoms with Gasteiger partial charge in [0.2, 0.25) is 0 Å². The number of para-hydroxylation sites is 3. The van der Waals surface area contributed by atoms with Crippen molar-refractivity contribution in [2.45, 2.75) is 0 Å². The lowest BCUT2D eigenvalue weighted by Crippen LogP contribution is -1.99. The number of aromatic nitrogens is 5. The Morgan fingerprint density at radius 2 is 0.595 bits per heavy atom. The van der Waals surface area contributed by atoms with E-state index in [2.05, 4.69) is 275 Å². The normalized spacial score (nSPS) is 12.3. The maximum atomic E-state index is 5.57. The average Bonchev–Trinajstić information content (AvgIpc) is 1.97. The second-order valence-electron chi connectivity index (χ2n) is 22.0. The smallest absolute Gasteiger partial charge is 0.160 e. The molecule has 0 aliphatic rings. The molecule has 0 spiro atoms. The first kappa shape index (κ1) is 46.4. The molecule has 84 heavy (non-hydrogen) atoms. The lowest BCUT2D eigenvalue weighted by molar-refractivity contribution is 1.15. The Hall–Kier alpha value is -10.2. The Kier molecular flexibility index (Phi) is 9.75. The highest BCUT2D eigenvalue weighted by Gasteiger charge is 2.23. The topological polar surface area (TPSA) is 40.6 Å². The average molecular weight is 1120 g/mol. The minimum Gasteiger partial charge on any atom is -0.309 e. The van der Waals surface area contributed by atoms with Gasteiger partial charge in [0, 0.05) is 127 Å². The van der Waals surface area contributed by atoms with Crippen molar-refractivity contribution in [3.8, 4) is 51.0 Å². The molecule has 0 radical (unpaired) electrons. The zero-order valence-corrected chi connectivity index (χ0v) is 47.2. The molecular weight excluding hydrogens is 1080 g/mol. The highest BCUT2D eigenvalue weighted by molar-refractivity contribution is 7.26. The number of thiophene rings is 3. The van der Waals surface area contributed by atoms with E-state index in [4.69, 9.17) is 9.97 Å². The van der Waals surface area contributed by atoms with E-state index in [0.29, 0.717) is 5.82 Å². The van der Waals surface area contributed by atoms with Crippen LogP contribution in [-0.4, -0.2) is 23.7 Å². The maximum absolute atomic E-state index is 5.57. The highest BCUT2D eigenvalue weighted by atomic mass is 32.1. The van der Waals surface area contributed by atoms with Crippen molar-refractivity contribution in [1.29, 1.82) is 0 Å². The van der Waals surface area contributed by atoms with E-state index in [1.54, 1.807) is 0 Å². The quantitative estimate of drug-likeness (QED) is 0.166. The van der Waals surface area contributed by atoms with E-state index in [0.717, 1.165) is 50.7 Å². The molecule has 7 heterocycles. The van der Waals surface area contributed by atoms with Crippen molar-refractivity contribution in [3.63, 3.8) is 0 Å². The Morgan fingerprint density at radius 1 is 0.226 bits per heavy atom. The van der Waals surface area contributed by atoms with E-state index in [1.807, 2.05) is 34.0 Å². The fraction of sp³-hybridized carbons (Fsp3) is 0. The van der Waals surface area contributed by atoms with Crippen molar-refractivity contribution < 1.29 is 0 Å². The van der Waals surface area contributed by atoms with Crippen molar-refractivity contribution >= 4 is 160 Å². The number of benzene rings is 12. The summed E-state index contributed by atoms with van der Waals surface area (Å²) >= 11 is 5.60. The fourth-order valence-electron chi connectivity index (χ4n) is 13.9. The van der Waals surface area contributed by atoms with Crippen LogP contribution in [0.1, 0.15) is 0 Å². The van der Waals surface area contributed by atoms with Gasteiger partial charge in [0.05, 0.1) is 44.5 Å². The molecule has 19 rings (SSSR count). The van der Waals surface area contributed by atoms with E-state index in [9.17, 15) is 0 Å². The molecule has 390 valence electrons. The largest absolute Gasteiger partial charge is 0.309 e. The number of nitrogens with zero attached hydrogens (tertiary/aromatic N) is 5. The van der Waals surface area contributed by atoms with Crippen LogP contribution in [0.25, 0.3) is 177 Å². The molecular formula is C76H43N5S3. The molecule has 5 nitrogen and oxygen atoms in total. The van der Waals surface area contributed by atoms with Gasteiger partial charge in [-0.25, -0.2) is 9.97 Å². The van der Waals surface area contributed by atoms with Crippen LogP contribution in [0.4, 0.5) is 0 Å². The van der Waals surface area contributed by atoms with Crippen molar-refractivity contribution in [2.24, 2.45) is 0 Å². The predicted octanol–water partition coefficient (Wildman–Crippen LogP) is 21.9. The Balaban J connectivity index is 0.799. The summed E-state index contributed by atoms with van der Waals surface area (Å²) < 4.78 is 15.1. The van der Waals surface area contributed by atoms with E-state index in [-0.39, 0.29) is 0 Å². The third-order valence-corrected chi connectivity index (χ3v) is 20.8. The molecule has 0 saturated heterocycles. The second kappa shape index (κ2) is 17.6. The van der Waals surface area contributed by atoms with Crippen LogP contribution in [0.2, 0.25) is 0 Å². The van der Waals surface area contributed by atoms with Gasteiger partial charge in [-0.3, -0.25) is 0 Å². The molecule has 19 aromatic rings. The number of rotatable bonds is 6. The molecule has 0 N–H and O–H groups in total. The van der Waals surface area contributed by atoms with Crippen LogP contribution in [0.5, 0.6) is 0 Å². The number of fused-ring (bicyclic) bond motifs is 21. The van der Waals surface area contributed by atoms with Gasteiger partial charge in [-0.15, -0.1) is 34.0 Å². The van der Waals surface area contributed by atoms with Gasteiger partial charge in [-0.2, -0.15) is 0 Å². The first-order valence-corrected chi connectivity index (χ1v) is 30.8. The van der Waals surface area contributed by atoms with Crippen molar-refractivity contribution in [1.82, 2.24) is 23.7 Å². The molecule has 0 aliphatic heterocycles. The SMILES string of the molecule is c1cc(-c2cc(-c3ccc(-n4c5ccccc5c5c6c(ccc54)sc4ccccc46)cc3)nc(-c3cccc(-n4c5ccccc5c5c6c(ccc54)sc4ccccc46)c3)n2)cc(-n2c3ccccc3c3c4c(ccc32)sc2ccccc24)c1. The molecule has 12 aromatic carbocycles. The summed E-state index contributed by atoms with van der Waals surface area (Å²) in [5.74, 6) is 0.656. The van der Waals surface area contributed by atoms with Gasteiger partial charge in [0.15, 0.2) is 5.82 Å². The third-order valence-electron chi connectivity index (χ3n) is 17.4. The second-order valence-corrected chi connectivity index (χ2v) is 25.2. The van der Waals surface area contributed by atoms with Gasteiger partial charge >= 0.3 is 0 Å². The standard InChI is InChI=1S/C76H43N5S3/c1-7-25-58-50(19-1)70-61(35-38-67-73(70)53-22-4-10-28-64(53)82-67)79(58)47-33-31-44(32-34-47)56-43-57(45-15-13-17-48(41-45)80-59-26-8-2-20-51(59)71-62(80)36-39-68-74(71)54-23-5-11-29-65(54)83-68)78-76(77-56)46-16-14-18-49(42-46)81-60-27-9-3-21-52(60)72-63(81)37-40-69-75(72)55-24-6-12-30-66(55)84-69/h1-43H. The van der Waals surface area contributed by atoms with Gasteiger partial charge in [0.1, 0.15) is 0 Å². The molecule has 0 amide bonds. The summed E-state index contributed by atoms with van der Waals surface area (Å²) in [5, 5.41) is 15.4. The lowest BCUT2D eigenvalue weighted by atomic mass is 10.0. The van der Waals surface area contributed by atoms with Crippen LogP contribution >= 0.6 is 34.0 Å². The fourth-order valence-corrected chi connectivity index (χ4v) is 17.2. The van der Waals surface area contributed by atoms with Gasteiger partial charge < -0.3 is 13.7 Å². The molecule has 8 heteroatoms. The zero-order chi connectivity index (χ0) is 54.7. The minimum absolute atomic E-state index is 0.656. The monoisotopic (exact) mass is 1120 g/mol. The van der Waals surface area contributed by atoms with Crippen LogP contribution in [0, 0.1) is 0 Å². The van der Waals surface area contributed by atoms with E-state index < -0.39 is 0 Å². The van der Waals surface area contributed by atoms with Gasteiger partial charge in [0.25, 0.3) is 0 Å². The summed E-state index contributed by atoms with van der Waals surface area (Å²) in [6.45, 7) is 0. The third kappa shape index (κ3) is 6.64. The molecule has 0 aliphatic carbocycles. The summed E-state index contributed by atoms with van der Waals surface area (Å²) in [6, 6.07) is 95.7. The summed E-state index contributed by atoms with van der Waals surface area (Å²) in [5.41, 5.74) is 14.9. The number of hydrogen-bond donors (Lipinski definition) is 0. The van der Waals surface area contributed by atoms with Crippen LogP contribution in [0.3, 0.4) is 0 Å². The Labute approximate surface area is 492 Å². The molecule has 0 atom stereocenters.